The summed E-state index contributed by atoms with van der Waals surface area (Å²) in [6.45, 7) is 0.665. The van der Waals surface area contributed by atoms with Gasteiger partial charge in [-0.25, -0.2) is 4.79 Å². The van der Waals surface area contributed by atoms with E-state index in [-0.39, 0.29) is 19.3 Å². The Morgan fingerprint density at radius 1 is 1.23 bits per heavy atom. The van der Waals surface area contributed by atoms with Gasteiger partial charge in [-0.2, -0.15) is 0 Å². The van der Waals surface area contributed by atoms with E-state index < -0.39 is 23.8 Å². The highest BCUT2D eigenvalue weighted by atomic mass is 16.7. The van der Waals surface area contributed by atoms with Gasteiger partial charge in [0.15, 0.2) is 11.5 Å². The molecule has 0 radical (unpaired) electrons. The highest BCUT2D eigenvalue weighted by Crippen LogP contribution is 2.32. The van der Waals surface area contributed by atoms with Crippen LogP contribution in [0.2, 0.25) is 0 Å². The highest BCUT2D eigenvalue weighted by Gasteiger charge is 2.31. The van der Waals surface area contributed by atoms with Gasteiger partial charge in [0.1, 0.15) is 6.04 Å². The maximum atomic E-state index is 12.1. The fraction of sp³-hybridized carbons (Fsp3) is 0.471. The molecule has 1 aromatic rings. The van der Waals surface area contributed by atoms with Crippen molar-refractivity contribution in [1.82, 2.24) is 10.6 Å². The summed E-state index contributed by atoms with van der Waals surface area (Å²) in [6, 6.07) is 3.65. The van der Waals surface area contributed by atoms with Gasteiger partial charge >= 0.3 is 5.97 Å². The van der Waals surface area contributed by atoms with E-state index in [2.05, 4.69) is 10.6 Å². The highest BCUT2D eigenvalue weighted by molar-refractivity contribution is 5.97. The van der Waals surface area contributed by atoms with E-state index in [1.54, 1.807) is 12.1 Å². The first-order valence-electron chi connectivity index (χ1n) is 8.32. The van der Waals surface area contributed by atoms with Crippen molar-refractivity contribution in [2.45, 2.75) is 18.9 Å². The molecule has 3 N–H and O–H groups in total. The standard InChI is InChI=1S/C17H20N2O7/c20-14(19-15(17(22)23)11-2-1-5-24-8-11)7-18-16(21)10-3-4-12-13(6-10)26-9-25-12/h3-4,6,11,15H,1-2,5,7-9H2,(H,18,21)(H,19,20)(H,22,23). The molecule has 1 aromatic carbocycles. The SMILES string of the molecule is O=C(CNC(=O)c1ccc2c(c1)OCO2)NC(C(=O)O)C1CCCOC1. The summed E-state index contributed by atoms with van der Waals surface area (Å²) >= 11 is 0. The van der Waals surface area contributed by atoms with Crippen LogP contribution in [0, 0.1) is 5.92 Å². The van der Waals surface area contributed by atoms with Gasteiger partial charge in [-0.05, 0) is 31.0 Å². The molecule has 2 aliphatic heterocycles. The summed E-state index contributed by atoms with van der Waals surface area (Å²) < 4.78 is 15.7. The van der Waals surface area contributed by atoms with Gasteiger partial charge in [0.05, 0.1) is 13.2 Å². The molecule has 0 spiro atoms. The Balaban J connectivity index is 1.52. The number of carboxylic acids is 1. The molecule has 9 nitrogen and oxygen atoms in total. The third-order valence-electron chi connectivity index (χ3n) is 4.29. The van der Waals surface area contributed by atoms with Crippen LogP contribution in [0.25, 0.3) is 0 Å². The molecule has 2 heterocycles. The number of nitrogens with one attached hydrogen (secondary N) is 2. The van der Waals surface area contributed by atoms with Gasteiger partial charge < -0.3 is 30.0 Å². The average Bonchev–Trinajstić information content (AvgIpc) is 3.12. The maximum Gasteiger partial charge on any atom is 0.326 e. The van der Waals surface area contributed by atoms with Crippen LogP contribution in [0.4, 0.5) is 0 Å². The van der Waals surface area contributed by atoms with Crippen LogP contribution in [0.1, 0.15) is 23.2 Å². The lowest BCUT2D eigenvalue weighted by Gasteiger charge is -2.28. The first-order valence-corrected chi connectivity index (χ1v) is 8.32. The molecule has 1 fully saturated rings. The van der Waals surface area contributed by atoms with Crippen LogP contribution in [0.3, 0.4) is 0 Å². The van der Waals surface area contributed by atoms with Gasteiger partial charge in [-0.15, -0.1) is 0 Å². The number of amides is 2. The number of rotatable bonds is 6. The molecule has 2 aliphatic rings. The van der Waals surface area contributed by atoms with Crippen molar-refractivity contribution in [2.24, 2.45) is 5.92 Å². The molecular weight excluding hydrogens is 344 g/mol. The second-order valence-electron chi connectivity index (χ2n) is 6.11. The van der Waals surface area contributed by atoms with Crippen LogP contribution in [0.15, 0.2) is 18.2 Å². The summed E-state index contributed by atoms with van der Waals surface area (Å²) in [6.07, 6.45) is 1.42. The van der Waals surface area contributed by atoms with E-state index in [1.807, 2.05) is 0 Å². The fourth-order valence-electron chi connectivity index (χ4n) is 2.93. The van der Waals surface area contributed by atoms with Gasteiger partial charge in [0.25, 0.3) is 5.91 Å². The lowest BCUT2D eigenvalue weighted by Crippen LogP contribution is -2.51. The largest absolute Gasteiger partial charge is 0.480 e. The number of benzene rings is 1. The zero-order chi connectivity index (χ0) is 18.5. The molecule has 1 saturated heterocycles. The van der Waals surface area contributed by atoms with Gasteiger partial charge in [-0.3, -0.25) is 9.59 Å². The van der Waals surface area contributed by atoms with Crippen LogP contribution < -0.4 is 20.1 Å². The lowest BCUT2D eigenvalue weighted by atomic mass is 9.93. The minimum absolute atomic E-state index is 0.101. The van der Waals surface area contributed by atoms with Gasteiger partial charge in [0.2, 0.25) is 12.7 Å². The average molecular weight is 364 g/mol. The zero-order valence-corrected chi connectivity index (χ0v) is 14.0. The van der Waals surface area contributed by atoms with Crippen molar-refractivity contribution in [1.29, 1.82) is 0 Å². The number of hydrogen-bond donors (Lipinski definition) is 3. The quantitative estimate of drug-likeness (QED) is 0.656. The van der Waals surface area contributed by atoms with Gasteiger partial charge in [-0.1, -0.05) is 0 Å². The van der Waals surface area contributed by atoms with Crippen molar-refractivity contribution < 1.29 is 33.7 Å². The molecule has 2 amide bonds. The van der Waals surface area contributed by atoms with Crippen molar-refractivity contribution in [2.75, 3.05) is 26.6 Å². The molecule has 26 heavy (non-hydrogen) atoms. The molecule has 0 aromatic heterocycles. The van der Waals surface area contributed by atoms with E-state index in [0.29, 0.717) is 36.7 Å². The van der Waals surface area contributed by atoms with Crippen LogP contribution in [-0.2, 0) is 14.3 Å². The first-order chi connectivity index (χ1) is 12.5. The van der Waals surface area contributed by atoms with Crippen molar-refractivity contribution >= 4 is 17.8 Å². The van der Waals surface area contributed by atoms with Crippen molar-refractivity contribution in [3.63, 3.8) is 0 Å². The number of carboxylic acid groups (broad SMARTS) is 1. The zero-order valence-electron chi connectivity index (χ0n) is 14.0. The van der Waals surface area contributed by atoms with E-state index in [4.69, 9.17) is 14.2 Å². The summed E-state index contributed by atoms with van der Waals surface area (Å²) in [5.74, 6) is -1.42. The summed E-state index contributed by atoms with van der Waals surface area (Å²) in [7, 11) is 0. The molecule has 2 atom stereocenters. The smallest absolute Gasteiger partial charge is 0.326 e. The van der Waals surface area contributed by atoms with Crippen molar-refractivity contribution in [3.8, 4) is 11.5 Å². The molecule has 140 valence electrons. The molecule has 3 rings (SSSR count). The molecule has 0 saturated carbocycles. The summed E-state index contributed by atoms with van der Waals surface area (Å²) in [4.78, 5) is 35.6. The minimum atomic E-state index is -1.11. The monoisotopic (exact) mass is 364 g/mol. The Labute approximate surface area is 149 Å². The molecule has 0 aliphatic carbocycles. The third-order valence-corrected chi connectivity index (χ3v) is 4.29. The van der Waals surface area contributed by atoms with E-state index in [1.165, 1.54) is 6.07 Å². The van der Waals surface area contributed by atoms with Crippen LogP contribution in [0.5, 0.6) is 11.5 Å². The number of aliphatic carboxylic acids is 1. The first kappa shape index (κ1) is 18.0. The number of carbonyl (C=O) groups is 3. The van der Waals surface area contributed by atoms with Crippen LogP contribution in [-0.4, -0.2) is 55.5 Å². The summed E-state index contributed by atoms with van der Waals surface area (Å²) in [5.41, 5.74) is 0.317. The molecule has 2 unspecified atom stereocenters. The molecule has 0 bridgehead atoms. The predicted octanol–water partition coefficient (Wildman–Crippen LogP) is 0.141. The van der Waals surface area contributed by atoms with E-state index in [9.17, 15) is 19.5 Å². The van der Waals surface area contributed by atoms with Crippen molar-refractivity contribution in [3.05, 3.63) is 23.8 Å². The normalized spacial score (nSPS) is 19.5. The Morgan fingerprint density at radius 2 is 2.04 bits per heavy atom. The second kappa shape index (κ2) is 8.05. The fourth-order valence-corrected chi connectivity index (χ4v) is 2.93. The lowest BCUT2D eigenvalue weighted by molar-refractivity contribution is -0.145. The third kappa shape index (κ3) is 4.23. The number of ether oxygens (including phenoxy) is 3. The number of carbonyl (C=O) groups excluding carboxylic acids is 2. The molecule has 9 heteroatoms. The second-order valence-corrected chi connectivity index (χ2v) is 6.11. The Bertz CT molecular complexity index is 700. The summed E-state index contributed by atoms with van der Waals surface area (Å²) in [5, 5.41) is 14.3. The minimum Gasteiger partial charge on any atom is -0.480 e. The maximum absolute atomic E-state index is 12.1. The Hall–Kier alpha value is -2.81. The van der Waals surface area contributed by atoms with E-state index in [0.717, 1.165) is 6.42 Å². The number of fused-ring (bicyclic) bond motifs is 1. The Kier molecular flexibility index (Phi) is 5.57. The topological polar surface area (TPSA) is 123 Å². The van der Waals surface area contributed by atoms with Gasteiger partial charge in [0, 0.05) is 18.1 Å². The predicted molar refractivity (Wildman–Crippen MR) is 88.0 cm³/mol. The van der Waals surface area contributed by atoms with Crippen LogP contribution >= 0.6 is 0 Å². The number of hydrogen-bond acceptors (Lipinski definition) is 6. The van der Waals surface area contributed by atoms with E-state index >= 15 is 0 Å². The molecular formula is C17H20N2O7. The Morgan fingerprint density at radius 3 is 2.77 bits per heavy atom.